The molecule has 88 valence electrons. The maximum absolute atomic E-state index is 12.6. The molecular weight excluding hydrogens is 356 g/mol. The van der Waals surface area contributed by atoms with Crippen molar-refractivity contribution >= 4 is 53.4 Å². The molecule has 0 fully saturated rings. The van der Waals surface area contributed by atoms with Gasteiger partial charge in [-0.1, -0.05) is 56.1 Å². The number of benzene rings is 2. The van der Waals surface area contributed by atoms with Crippen LogP contribution in [0.2, 0.25) is 0 Å². The van der Waals surface area contributed by atoms with Crippen LogP contribution in [0.3, 0.4) is 0 Å². The summed E-state index contributed by atoms with van der Waals surface area (Å²) in [6, 6.07) is 15.5. The number of hydrogen-bond donors (Lipinski definition) is 0. The summed E-state index contributed by atoms with van der Waals surface area (Å²) < 4.78 is 1.84. The Balaban J connectivity index is 2.62. The van der Waals surface area contributed by atoms with E-state index in [1.165, 1.54) is 0 Å². The van der Waals surface area contributed by atoms with E-state index in [0.29, 0.717) is 0 Å². The monoisotopic (exact) mass is 362 g/mol. The van der Waals surface area contributed by atoms with Gasteiger partial charge in [0.25, 0.3) is 0 Å². The Morgan fingerprint density at radius 1 is 0.667 bits per heavy atom. The molecule has 3 aromatic carbocycles. The summed E-state index contributed by atoms with van der Waals surface area (Å²) in [5, 5.41) is 3.38. The van der Waals surface area contributed by atoms with Crippen molar-refractivity contribution in [3.8, 4) is 0 Å². The Morgan fingerprint density at radius 3 is 1.50 bits per heavy atom. The molecule has 3 aromatic rings. The fourth-order valence-corrected chi connectivity index (χ4v) is 2.79. The molecule has 0 aliphatic carbocycles. The Morgan fingerprint density at radius 2 is 1.06 bits per heavy atom. The SMILES string of the molecule is O=c1c2cc(Br)ccc2ccc2ccc(Br)cc12. The number of rotatable bonds is 0. The second-order valence-corrected chi connectivity index (χ2v) is 5.96. The predicted octanol–water partition coefficient (Wildman–Crippen LogP) is 4.88. The van der Waals surface area contributed by atoms with E-state index in [0.717, 1.165) is 30.5 Å². The lowest BCUT2D eigenvalue weighted by Crippen LogP contribution is -1.98. The summed E-state index contributed by atoms with van der Waals surface area (Å²) in [6.07, 6.45) is 0. The second kappa shape index (κ2) is 4.48. The highest BCUT2D eigenvalue weighted by Gasteiger charge is 2.03. The standard InChI is InChI=1S/C15H8Br2O/c16-11-5-3-9-1-2-10-4-6-12(17)8-14(10)15(18)13(9)7-11/h1-8H. The van der Waals surface area contributed by atoms with Gasteiger partial charge in [0.2, 0.25) is 0 Å². The molecule has 18 heavy (non-hydrogen) atoms. The highest BCUT2D eigenvalue weighted by atomic mass is 79.9. The van der Waals surface area contributed by atoms with Crippen LogP contribution in [-0.2, 0) is 0 Å². The van der Waals surface area contributed by atoms with E-state index in [4.69, 9.17) is 0 Å². The third-order valence-electron chi connectivity index (χ3n) is 2.96. The van der Waals surface area contributed by atoms with Crippen LogP contribution in [0.1, 0.15) is 0 Å². The Labute approximate surface area is 121 Å². The molecule has 1 nitrogen and oxygen atoms in total. The molecule has 0 atom stereocenters. The van der Waals surface area contributed by atoms with Crippen LogP contribution < -0.4 is 5.43 Å². The molecule has 0 radical (unpaired) electrons. The van der Waals surface area contributed by atoms with Crippen LogP contribution in [-0.4, -0.2) is 0 Å². The maximum atomic E-state index is 12.6. The van der Waals surface area contributed by atoms with Crippen LogP contribution in [0, 0.1) is 0 Å². The zero-order chi connectivity index (χ0) is 12.7. The summed E-state index contributed by atoms with van der Waals surface area (Å²) in [6.45, 7) is 0. The average Bonchev–Trinajstić information content (AvgIpc) is 2.49. The van der Waals surface area contributed by atoms with Crippen molar-refractivity contribution in [2.24, 2.45) is 0 Å². The van der Waals surface area contributed by atoms with Crippen molar-refractivity contribution in [3.05, 3.63) is 67.7 Å². The van der Waals surface area contributed by atoms with Crippen LogP contribution in [0.15, 0.2) is 62.3 Å². The summed E-state index contributed by atoms with van der Waals surface area (Å²) >= 11 is 6.82. The highest BCUT2D eigenvalue weighted by molar-refractivity contribution is 9.10. The molecule has 0 N–H and O–H groups in total. The number of halogens is 2. The van der Waals surface area contributed by atoms with Gasteiger partial charge < -0.3 is 0 Å². The first-order valence-corrected chi connectivity index (χ1v) is 7.05. The normalized spacial score (nSPS) is 11.0. The summed E-state index contributed by atoms with van der Waals surface area (Å²) in [5.74, 6) is 0. The van der Waals surface area contributed by atoms with Crippen LogP contribution in [0.25, 0.3) is 21.5 Å². The first-order valence-electron chi connectivity index (χ1n) is 5.47. The van der Waals surface area contributed by atoms with Gasteiger partial charge in [-0.2, -0.15) is 0 Å². The summed E-state index contributed by atoms with van der Waals surface area (Å²) in [4.78, 5) is 12.6. The van der Waals surface area contributed by atoms with Gasteiger partial charge in [-0.05, 0) is 35.0 Å². The van der Waals surface area contributed by atoms with Crippen molar-refractivity contribution in [1.29, 1.82) is 0 Å². The van der Waals surface area contributed by atoms with Crippen LogP contribution in [0.5, 0.6) is 0 Å². The predicted molar refractivity (Wildman–Crippen MR) is 83.1 cm³/mol. The van der Waals surface area contributed by atoms with Crippen molar-refractivity contribution in [3.63, 3.8) is 0 Å². The number of hydrogen-bond acceptors (Lipinski definition) is 1. The zero-order valence-corrected chi connectivity index (χ0v) is 12.5. The van der Waals surface area contributed by atoms with Gasteiger partial charge in [0.1, 0.15) is 0 Å². The Hall–Kier alpha value is -1.19. The van der Waals surface area contributed by atoms with E-state index in [1.54, 1.807) is 0 Å². The van der Waals surface area contributed by atoms with Gasteiger partial charge in [-0.3, -0.25) is 4.79 Å². The zero-order valence-electron chi connectivity index (χ0n) is 9.28. The lowest BCUT2D eigenvalue weighted by Gasteiger charge is -1.94. The minimum Gasteiger partial charge on any atom is -0.289 e. The smallest absolute Gasteiger partial charge is 0.194 e. The summed E-state index contributed by atoms with van der Waals surface area (Å²) in [7, 11) is 0. The molecule has 0 bridgehead atoms. The lowest BCUT2D eigenvalue weighted by molar-refractivity contribution is 1.69. The second-order valence-electron chi connectivity index (χ2n) is 4.13. The van der Waals surface area contributed by atoms with E-state index < -0.39 is 0 Å². The van der Waals surface area contributed by atoms with E-state index in [-0.39, 0.29) is 5.43 Å². The Bertz CT molecular complexity index is 758. The van der Waals surface area contributed by atoms with E-state index >= 15 is 0 Å². The van der Waals surface area contributed by atoms with Crippen molar-refractivity contribution < 1.29 is 0 Å². The van der Waals surface area contributed by atoms with Crippen molar-refractivity contribution in [2.45, 2.75) is 0 Å². The average molecular weight is 364 g/mol. The van der Waals surface area contributed by atoms with Gasteiger partial charge in [0, 0.05) is 19.7 Å². The summed E-state index contributed by atoms with van der Waals surface area (Å²) in [5.41, 5.74) is 0.0626. The molecule has 0 aromatic heterocycles. The largest absolute Gasteiger partial charge is 0.289 e. The van der Waals surface area contributed by atoms with Gasteiger partial charge >= 0.3 is 0 Å². The topological polar surface area (TPSA) is 17.1 Å². The van der Waals surface area contributed by atoms with E-state index in [9.17, 15) is 4.79 Å². The van der Waals surface area contributed by atoms with Crippen LogP contribution in [0.4, 0.5) is 0 Å². The van der Waals surface area contributed by atoms with E-state index in [1.807, 2.05) is 48.5 Å². The molecule has 3 heteroatoms. The lowest BCUT2D eigenvalue weighted by atomic mass is 10.1. The first kappa shape index (κ1) is 11.9. The Kier molecular flexibility index (Phi) is 2.96. The molecule has 0 aliphatic heterocycles. The van der Waals surface area contributed by atoms with E-state index in [2.05, 4.69) is 31.9 Å². The van der Waals surface area contributed by atoms with Gasteiger partial charge in [0.05, 0.1) is 0 Å². The minimum absolute atomic E-state index is 0.0626. The molecule has 0 saturated carbocycles. The fraction of sp³-hybridized carbons (Fsp3) is 0. The van der Waals surface area contributed by atoms with Gasteiger partial charge in [-0.25, -0.2) is 0 Å². The van der Waals surface area contributed by atoms with Crippen molar-refractivity contribution in [2.75, 3.05) is 0 Å². The molecule has 0 saturated heterocycles. The molecular formula is C15H8Br2O. The van der Waals surface area contributed by atoms with Gasteiger partial charge in [-0.15, -0.1) is 0 Å². The highest BCUT2D eigenvalue weighted by Crippen LogP contribution is 2.21. The molecule has 0 amide bonds. The molecule has 0 heterocycles. The fourth-order valence-electron chi connectivity index (χ4n) is 2.07. The molecule has 0 aliphatic rings. The first-order chi connectivity index (χ1) is 8.65. The third-order valence-corrected chi connectivity index (χ3v) is 3.95. The number of fused-ring (bicyclic) bond motifs is 2. The quantitative estimate of drug-likeness (QED) is 0.556. The third kappa shape index (κ3) is 1.98. The van der Waals surface area contributed by atoms with Crippen LogP contribution >= 0.6 is 31.9 Å². The molecule has 3 rings (SSSR count). The molecule has 0 spiro atoms. The maximum Gasteiger partial charge on any atom is 0.194 e. The minimum atomic E-state index is 0.0626. The van der Waals surface area contributed by atoms with Gasteiger partial charge in [0.15, 0.2) is 5.43 Å². The van der Waals surface area contributed by atoms with Crippen molar-refractivity contribution in [1.82, 2.24) is 0 Å². The molecule has 0 unspecified atom stereocenters.